The van der Waals surface area contributed by atoms with Crippen molar-refractivity contribution in [2.45, 2.75) is 5.41 Å². The number of nitrogens with zero attached hydrogens (tertiary/aromatic N) is 2. The average molecular weight is 875 g/mol. The molecule has 0 amide bonds. The Balaban J connectivity index is 1.05. The van der Waals surface area contributed by atoms with Crippen molar-refractivity contribution in [3.8, 4) is 39.1 Å². The van der Waals surface area contributed by atoms with Crippen LogP contribution in [0.3, 0.4) is 0 Å². The first kappa shape index (κ1) is 38.2. The van der Waals surface area contributed by atoms with Crippen LogP contribution in [-0.2, 0) is 5.41 Å². The van der Waals surface area contributed by atoms with E-state index in [2.05, 4.69) is 264 Å². The number of hydrogen-bond donors (Lipinski definition) is 0. The quantitative estimate of drug-likeness (QED) is 0.156. The van der Waals surface area contributed by atoms with Crippen LogP contribution in [0.25, 0.3) is 93.2 Å². The third-order valence-corrected chi connectivity index (χ3v) is 15.4. The number of benzene rings is 12. The van der Waals surface area contributed by atoms with Gasteiger partial charge in [0.25, 0.3) is 0 Å². The molecule has 2 nitrogen and oxygen atoms in total. The fourth-order valence-corrected chi connectivity index (χ4v) is 12.6. The molecule has 1 aliphatic heterocycles. The first-order chi connectivity index (χ1) is 34.3. The number of hydrogen-bond acceptors (Lipinski definition) is 1. The lowest BCUT2D eigenvalue weighted by atomic mass is 9.65. The number of aromatic nitrogens is 1. The molecule has 1 unspecified atom stereocenters. The molecule has 13 aromatic rings. The van der Waals surface area contributed by atoms with Crippen LogP contribution in [0.1, 0.15) is 22.3 Å². The molecular weight excluding hydrogens is 833 g/mol. The Morgan fingerprint density at radius 1 is 0.290 bits per heavy atom. The van der Waals surface area contributed by atoms with E-state index < -0.39 is 5.41 Å². The molecule has 1 atom stereocenters. The van der Waals surface area contributed by atoms with Crippen molar-refractivity contribution in [2.24, 2.45) is 0 Å². The van der Waals surface area contributed by atoms with E-state index in [0.29, 0.717) is 0 Å². The Bertz CT molecular complexity index is 4240. The second-order valence-corrected chi connectivity index (χ2v) is 18.7. The highest BCUT2D eigenvalue weighted by molar-refractivity contribution is 6.26. The highest BCUT2D eigenvalue weighted by Crippen LogP contribution is 2.62. The molecule has 12 aromatic carbocycles. The summed E-state index contributed by atoms with van der Waals surface area (Å²) in [5, 5.41) is 10.1. The Morgan fingerprint density at radius 2 is 0.812 bits per heavy atom. The molecule has 0 saturated heterocycles. The summed E-state index contributed by atoms with van der Waals surface area (Å²) in [6.45, 7) is 0. The van der Waals surface area contributed by atoms with Gasteiger partial charge in [-0.2, -0.15) is 0 Å². The van der Waals surface area contributed by atoms with Gasteiger partial charge in [0, 0.05) is 27.7 Å². The number of fused-ring (bicyclic) bond motifs is 18. The lowest BCUT2D eigenvalue weighted by molar-refractivity contribution is 0.748. The maximum Gasteiger partial charge on any atom is 0.0755 e. The largest absolute Gasteiger partial charge is 0.310 e. The molecule has 2 heterocycles. The van der Waals surface area contributed by atoms with Crippen molar-refractivity contribution in [3.05, 3.63) is 277 Å². The normalized spacial score (nSPS) is 14.4. The lowest BCUT2D eigenvalue weighted by Crippen LogP contribution is -2.33. The van der Waals surface area contributed by atoms with Crippen LogP contribution in [0.5, 0.6) is 0 Å². The van der Waals surface area contributed by atoms with Crippen LogP contribution in [0, 0.1) is 0 Å². The van der Waals surface area contributed by atoms with Crippen LogP contribution < -0.4 is 4.90 Å². The third kappa shape index (κ3) is 5.20. The smallest absolute Gasteiger partial charge is 0.0755 e. The zero-order valence-corrected chi connectivity index (χ0v) is 37.6. The Labute approximate surface area is 400 Å². The van der Waals surface area contributed by atoms with Crippen molar-refractivity contribution in [3.63, 3.8) is 0 Å². The van der Waals surface area contributed by atoms with E-state index in [1.807, 2.05) is 0 Å². The van der Waals surface area contributed by atoms with Crippen LogP contribution >= 0.6 is 0 Å². The predicted octanol–water partition coefficient (Wildman–Crippen LogP) is 17.7. The summed E-state index contributed by atoms with van der Waals surface area (Å²) >= 11 is 0. The van der Waals surface area contributed by atoms with Crippen molar-refractivity contribution in [1.29, 1.82) is 0 Å². The summed E-state index contributed by atoms with van der Waals surface area (Å²) in [5.41, 5.74) is 19.0. The van der Waals surface area contributed by atoms with Gasteiger partial charge in [-0.3, -0.25) is 0 Å². The van der Waals surface area contributed by atoms with Gasteiger partial charge in [-0.1, -0.05) is 212 Å². The zero-order chi connectivity index (χ0) is 45.2. The molecule has 0 bridgehead atoms. The van der Waals surface area contributed by atoms with Gasteiger partial charge < -0.3 is 9.47 Å². The minimum absolute atomic E-state index is 0.591. The van der Waals surface area contributed by atoms with E-state index >= 15 is 0 Å². The van der Waals surface area contributed by atoms with E-state index in [1.165, 1.54) is 110 Å². The molecule has 1 aromatic heterocycles. The lowest BCUT2D eigenvalue weighted by Gasteiger charge is -2.40. The highest BCUT2D eigenvalue weighted by Gasteiger charge is 2.51. The SMILES string of the molecule is c1ccc(-c2ccccc2-c2ccccc2N(c2ccc3c(c2)C2(c4ccccc4-3)c3ccccc3-n3c4ccccc4c4cccc2c43)c2ccc3c4ccccc4c4ccccc4c3c2)cc1. The zero-order valence-electron chi connectivity index (χ0n) is 37.6. The molecule has 2 heteroatoms. The van der Waals surface area contributed by atoms with E-state index in [9.17, 15) is 0 Å². The second kappa shape index (κ2) is 14.5. The number of rotatable bonds is 5. The van der Waals surface area contributed by atoms with Crippen molar-refractivity contribution >= 4 is 71.2 Å². The molecule has 0 N–H and O–H groups in total. The Hall–Kier alpha value is -8.98. The summed E-state index contributed by atoms with van der Waals surface area (Å²) in [5.74, 6) is 0. The topological polar surface area (TPSA) is 8.17 Å². The Kier molecular flexibility index (Phi) is 8.02. The molecule has 15 rings (SSSR count). The van der Waals surface area contributed by atoms with Crippen LogP contribution in [-0.4, -0.2) is 4.57 Å². The Morgan fingerprint density at radius 3 is 1.59 bits per heavy atom. The van der Waals surface area contributed by atoms with Gasteiger partial charge in [-0.05, 0) is 125 Å². The minimum atomic E-state index is -0.591. The van der Waals surface area contributed by atoms with E-state index in [1.54, 1.807) is 0 Å². The first-order valence-electron chi connectivity index (χ1n) is 24.0. The number of anilines is 3. The van der Waals surface area contributed by atoms with Gasteiger partial charge in [0.05, 0.1) is 27.8 Å². The van der Waals surface area contributed by atoms with Crippen LogP contribution in [0.2, 0.25) is 0 Å². The van der Waals surface area contributed by atoms with Gasteiger partial charge in [-0.25, -0.2) is 0 Å². The second-order valence-electron chi connectivity index (χ2n) is 18.7. The highest BCUT2D eigenvalue weighted by atomic mass is 15.1. The molecule has 0 saturated carbocycles. The monoisotopic (exact) mass is 874 g/mol. The number of para-hydroxylation sites is 4. The molecule has 1 spiro atoms. The standard InChI is InChI=1S/C67H42N2/c1-2-19-43(20-3-1)46-21-4-5-22-47(46)55-28-11-15-34-63(55)68(44-37-39-52-50-25-7-6-23-48(50)49-24-8-9-26-51(49)58(52)41-44)45-38-40-54-53-27-10-13-31-59(53)67(62(54)42-45)60-32-14-17-36-65(60)69-64-35-16-12-29-56(64)57-30-18-33-61(67)66(57)69/h1-42H. The maximum absolute atomic E-state index is 2.53. The molecule has 2 aliphatic rings. The van der Waals surface area contributed by atoms with Crippen molar-refractivity contribution in [2.75, 3.05) is 4.90 Å². The van der Waals surface area contributed by atoms with Crippen molar-refractivity contribution < 1.29 is 0 Å². The summed E-state index contributed by atoms with van der Waals surface area (Å²) in [6.07, 6.45) is 0. The first-order valence-corrected chi connectivity index (χ1v) is 24.0. The minimum Gasteiger partial charge on any atom is -0.310 e. The van der Waals surface area contributed by atoms with Gasteiger partial charge in [0.2, 0.25) is 0 Å². The predicted molar refractivity (Wildman–Crippen MR) is 290 cm³/mol. The fourth-order valence-electron chi connectivity index (χ4n) is 12.6. The van der Waals surface area contributed by atoms with Crippen LogP contribution in [0.15, 0.2) is 255 Å². The summed E-state index contributed by atoms with van der Waals surface area (Å²) in [6, 6.07) is 95.1. The molecule has 1 aliphatic carbocycles. The van der Waals surface area contributed by atoms with Crippen molar-refractivity contribution in [1.82, 2.24) is 4.57 Å². The molecular formula is C67H42N2. The summed E-state index contributed by atoms with van der Waals surface area (Å²) in [4.78, 5) is 2.53. The molecule has 0 radical (unpaired) electrons. The summed E-state index contributed by atoms with van der Waals surface area (Å²) < 4.78 is 2.53. The van der Waals surface area contributed by atoms with Gasteiger partial charge >= 0.3 is 0 Å². The van der Waals surface area contributed by atoms with E-state index in [0.717, 1.165) is 22.6 Å². The van der Waals surface area contributed by atoms with E-state index in [-0.39, 0.29) is 0 Å². The van der Waals surface area contributed by atoms with Gasteiger partial charge in [-0.15, -0.1) is 0 Å². The summed E-state index contributed by atoms with van der Waals surface area (Å²) in [7, 11) is 0. The van der Waals surface area contributed by atoms with Crippen LogP contribution in [0.4, 0.5) is 17.1 Å². The molecule has 69 heavy (non-hydrogen) atoms. The van der Waals surface area contributed by atoms with E-state index in [4.69, 9.17) is 0 Å². The average Bonchev–Trinajstić information content (AvgIpc) is 3.92. The van der Waals surface area contributed by atoms with Gasteiger partial charge in [0.15, 0.2) is 0 Å². The van der Waals surface area contributed by atoms with Gasteiger partial charge in [0.1, 0.15) is 0 Å². The fraction of sp³-hybridized carbons (Fsp3) is 0.0149. The molecule has 0 fully saturated rings. The third-order valence-electron chi connectivity index (χ3n) is 15.4. The molecule has 320 valence electrons. The maximum atomic E-state index is 2.53.